The summed E-state index contributed by atoms with van der Waals surface area (Å²) in [4.78, 5) is 3.98. The minimum Gasteiger partial charge on any atom is -0.392 e. The van der Waals surface area contributed by atoms with Crippen LogP contribution >= 0.6 is 11.6 Å². The van der Waals surface area contributed by atoms with Gasteiger partial charge >= 0.3 is 0 Å². The first-order valence-electron chi connectivity index (χ1n) is 5.66. The Hall–Kier alpha value is -1.45. The molecule has 0 saturated carbocycles. The number of halogens is 2. The van der Waals surface area contributed by atoms with E-state index < -0.39 is 11.9 Å². The molecule has 1 unspecified atom stereocenters. The Kier molecular flexibility index (Phi) is 4.28. The van der Waals surface area contributed by atoms with E-state index in [4.69, 9.17) is 11.6 Å². The fourth-order valence-electron chi connectivity index (χ4n) is 1.82. The highest BCUT2D eigenvalue weighted by Crippen LogP contribution is 2.21. The molecule has 0 saturated heterocycles. The molecule has 0 bridgehead atoms. The molecule has 0 aliphatic carbocycles. The Morgan fingerprint density at radius 3 is 2.78 bits per heavy atom. The van der Waals surface area contributed by atoms with E-state index in [0.29, 0.717) is 18.4 Å². The van der Waals surface area contributed by atoms with Crippen molar-refractivity contribution in [3.05, 3.63) is 64.7 Å². The average Bonchev–Trinajstić information content (AvgIpc) is 2.36. The highest BCUT2D eigenvalue weighted by Gasteiger charge is 2.11. The van der Waals surface area contributed by atoms with Crippen molar-refractivity contribution in [3.8, 4) is 0 Å². The van der Waals surface area contributed by atoms with Crippen LogP contribution in [-0.4, -0.2) is 16.2 Å². The van der Waals surface area contributed by atoms with E-state index in [1.54, 1.807) is 24.5 Å². The highest BCUT2D eigenvalue weighted by atomic mass is 35.5. The summed E-state index contributed by atoms with van der Waals surface area (Å²) >= 11 is 5.84. The molecular weight excluding hydrogens is 253 g/mol. The molecule has 1 heterocycles. The first-order chi connectivity index (χ1) is 8.66. The van der Waals surface area contributed by atoms with E-state index in [2.05, 4.69) is 4.98 Å². The molecule has 1 aromatic carbocycles. The molecule has 0 aliphatic heterocycles. The molecule has 0 spiro atoms. The third-order valence-electron chi connectivity index (χ3n) is 2.68. The lowest BCUT2D eigenvalue weighted by Gasteiger charge is -2.11. The predicted octanol–water partition coefficient (Wildman–Crippen LogP) is 3.02. The zero-order valence-electron chi connectivity index (χ0n) is 9.68. The zero-order chi connectivity index (χ0) is 13.0. The standard InChI is InChI=1S/C14H13ClFNO/c15-14-11(4-1-5-13(14)16)8-12(18)7-10-3-2-6-17-9-10/h1-6,9,12,18H,7-8H2. The third kappa shape index (κ3) is 3.28. The van der Waals surface area contributed by atoms with E-state index >= 15 is 0 Å². The number of aromatic nitrogens is 1. The molecule has 0 fully saturated rings. The molecular formula is C14H13ClFNO. The van der Waals surface area contributed by atoms with Gasteiger partial charge in [-0.15, -0.1) is 0 Å². The van der Waals surface area contributed by atoms with Crippen molar-refractivity contribution in [3.63, 3.8) is 0 Å². The van der Waals surface area contributed by atoms with Crippen LogP contribution in [0.4, 0.5) is 4.39 Å². The summed E-state index contributed by atoms with van der Waals surface area (Å²) in [5.41, 5.74) is 1.56. The Balaban J connectivity index is 2.03. The molecule has 2 nitrogen and oxygen atoms in total. The minimum atomic E-state index is -0.603. The van der Waals surface area contributed by atoms with Gasteiger partial charge in [-0.1, -0.05) is 29.8 Å². The molecule has 18 heavy (non-hydrogen) atoms. The normalized spacial score (nSPS) is 12.4. The van der Waals surface area contributed by atoms with Crippen molar-refractivity contribution in [2.45, 2.75) is 18.9 Å². The monoisotopic (exact) mass is 265 g/mol. The van der Waals surface area contributed by atoms with Gasteiger partial charge in [0.1, 0.15) is 5.82 Å². The van der Waals surface area contributed by atoms with Gasteiger partial charge < -0.3 is 5.11 Å². The number of benzene rings is 1. The van der Waals surface area contributed by atoms with Gasteiger partial charge in [0, 0.05) is 25.2 Å². The second kappa shape index (κ2) is 5.94. The van der Waals surface area contributed by atoms with E-state index in [9.17, 15) is 9.50 Å². The quantitative estimate of drug-likeness (QED) is 0.922. The maximum atomic E-state index is 13.2. The number of pyridine rings is 1. The first kappa shape index (κ1) is 13.0. The number of rotatable bonds is 4. The maximum Gasteiger partial charge on any atom is 0.142 e. The molecule has 2 aromatic rings. The Morgan fingerprint density at radius 1 is 1.22 bits per heavy atom. The molecule has 1 aromatic heterocycles. The van der Waals surface area contributed by atoms with Crippen molar-refractivity contribution < 1.29 is 9.50 Å². The summed E-state index contributed by atoms with van der Waals surface area (Å²) in [5.74, 6) is -0.456. The van der Waals surface area contributed by atoms with E-state index in [1.165, 1.54) is 6.07 Å². The van der Waals surface area contributed by atoms with Gasteiger partial charge in [-0.3, -0.25) is 4.98 Å². The summed E-state index contributed by atoms with van der Waals surface area (Å²) in [7, 11) is 0. The van der Waals surface area contributed by atoms with Crippen LogP contribution in [0.2, 0.25) is 5.02 Å². The third-order valence-corrected chi connectivity index (χ3v) is 3.10. The molecule has 94 valence electrons. The van der Waals surface area contributed by atoms with Crippen LogP contribution in [0.15, 0.2) is 42.7 Å². The molecule has 1 N–H and O–H groups in total. The van der Waals surface area contributed by atoms with Crippen LogP contribution in [-0.2, 0) is 12.8 Å². The molecule has 0 radical (unpaired) electrons. The van der Waals surface area contributed by atoms with Crippen molar-refractivity contribution in [1.29, 1.82) is 0 Å². The van der Waals surface area contributed by atoms with E-state index in [-0.39, 0.29) is 5.02 Å². The fourth-order valence-corrected chi connectivity index (χ4v) is 2.03. The number of aliphatic hydroxyl groups is 1. The van der Waals surface area contributed by atoms with Crippen molar-refractivity contribution in [1.82, 2.24) is 4.98 Å². The summed E-state index contributed by atoms with van der Waals surface area (Å²) in [5, 5.41) is 10.0. The van der Waals surface area contributed by atoms with Gasteiger partial charge in [0.25, 0.3) is 0 Å². The van der Waals surface area contributed by atoms with Crippen molar-refractivity contribution in [2.24, 2.45) is 0 Å². The van der Waals surface area contributed by atoms with Crippen LogP contribution in [0, 0.1) is 5.82 Å². The lowest BCUT2D eigenvalue weighted by Crippen LogP contribution is -2.14. The van der Waals surface area contributed by atoms with Gasteiger partial charge in [0.05, 0.1) is 11.1 Å². The Bertz CT molecular complexity index is 518. The lowest BCUT2D eigenvalue weighted by atomic mass is 10.0. The fraction of sp³-hybridized carbons (Fsp3) is 0.214. The van der Waals surface area contributed by atoms with Crippen LogP contribution in [0.1, 0.15) is 11.1 Å². The molecule has 4 heteroatoms. The lowest BCUT2D eigenvalue weighted by molar-refractivity contribution is 0.175. The summed E-state index contributed by atoms with van der Waals surface area (Å²) < 4.78 is 13.2. The Morgan fingerprint density at radius 2 is 2.06 bits per heavy atom. The van der Waals surface area contributed by atoms with Crippen molar-refractivity contribution in [2.75, 3.05) is 0 Å². The van der Waals surface area contributed by atoms with Gasteiger partial charge in [0.2, 0.25) is 0 Å². The summed E-state index contributed by atoms with van der Waals surface area (Å²) in [6, 6.07) is 8.32. The van der Waals surface area contributed by atoms with Crippen LogP contribution in [0.3, 0.4) is 0 Å². The van der Waals surface area contributed by atoms with Crippen molar-refractivity contribution >= 4 is 11.6 Å². The Labute approximate surface area is 110 Å². The second-order valence-electron chi connectivity index (χ2n) is 4.14. The van der Waals surface area contributed by atoms with Gasteiger partial charge in [0.15, 0.2) is 0 Å². The number of aliphatic hydroxyl groups excluding tert-OH is 1. The topological polar surface area (TPSA) is 33.1 Å². The van der Waals surface area contributed by atoms with Crippen LogP contribution < -0.4 is 0 Å². The first-order valence-corrected chi connectivity index (χ1v) is 6.04. The zero-order valence-corrected chi connectivity index (χ0v) is 10.4. The summed E-state index contributed by atoms with van der Waals surface area (Å²) in [6.45, 7) is 0. The molecule has 0 aliphatic rings. The maximum absolute atomic E-state index is 13.2. The predicted molar refractivity (Wildman–Crippen MR) is 69.1 cm³/mol. The highest BCUT2D eigenvalue weighted by molar-refractivity contribution is 6.31. The van der Waals surface area contributed by atoms with Gasteiger partial charge in [-0.25, -0.2) is 4.39 Å². The number of hydrogen-bond donors (Lipinski definition) is 1. The molecule has 2 rings (SSSR count). The van der Waals surface area contributed by atoms with Crippen LogP contribution in [0.5, 0.6) is 0 Å². The van der Waals surface area contributed by atoms with E-state index in [1.807, 2.05) is 12.1 Å². The number of hydrogen-bond acceptors (Lipinski definition) is 2. The molecule has 0 amide bonds. The number of nitrogens with zero attached hydrogens (tertiary/aromatic N) is 1. The average molecular weight is 266 g/mol. The largest absolute Gasteiger partial charge is 0.392 e. The van der Waals surface area contributed by atoms with Gasteiger partial charge in [-0.05, 0) is 23.3 Å². The van der Waals surface area contributed by atoms with Gasteiger partial charge in [-0.2, -0.15) is 0 Å². The SMILES string of the molecule is OC(Cc1cccnc1)Cc1cccc(F)c1Cl. The minimum absolute atomic E-state index is 0.0859. The van der Waals surface area contributed by atoms with Crippen LogP contribution in [0.25, 0.3) is 0 Å². The molecule has 1 atom stereocenters. The summed E-state index contributed by atoms with van der Waals surface area (Å²) in [6.07, 6.45) is 3.58. The van der Waals surface area contributed by atoms with E-state index in [0.717, 1.165) is 5.56 Å². The smallest absolute Gasteiger partial charge is 0.142 e. The second-order valence-corrected chi connectivity index (χ2v) is 4.51.